The van der Waals surface area contributed by atoms with Crippen molar-refractivity contribution in [3.05, 3.63) is 36.8 Å². The van der Waals surface area contributed by atoms with E-state index >= 15 is 0 Å². The van der Waals surface area contributed by atoms with Gasteiger partial charge in [0, 0.05) is 13.1 Å². The van der Waals surface area contributed by atoms with Gasteiger partial charge in [0.2, 0.25) is 0 Å². The van der Waals surface area contributed by atoms with E-state index in [9.17, 15) is 13.2 Å². The van der Waals surface area contributed by atoms with E-state index in [1.54, 1.807) is 6.07 Å². The van der Waals surface area contributed by atoms with Crippen LogP contribution in [0.5, 0.6) is 5.75 Å². The van der Waals surface area contributed by atoms with Crippen molar-refractivity contribution in [2.75, 3.05) is 19.6 Å². The Morgan fingerprint density at radius 1 is 1.18 bits per heavy atom. The van der Waals surface area contributed by atoms with Crippen LogP contribution in [0.15, 0.2) is 24.3 Å². The molecule has 1 heterocycles. The topological polar surface area (TPSA) is 12.5 Å². The van der Waals surface area contributed by atoms with Crippen LogP contribution in [0.1, 0.15) is 37.7 Å². The number of alkyl halides is 3. The van der Waals surface area contributed by atoms with E-state index in [-0.39, 0.29) is 6.10 Å². The molecule has 22 heavy (non-hydrogen) atoms. The first-order chi connectivity index (χ1) is 10.5. The maximum atomic E-state index is 12.7. The Morgan fingerprint density at radius 2 is 1.91 bits per heavy atom. The summed E-state index contributed by atoms with van der Waals surface area (Å²) in [6.45, 7) is 6.80. The molecule has 0 unspecified atom stereocenters. The van der Waals surface area contributed by atoms with Crippen LogP contribution in [0.4, 0.5) is 13.2 Å². The number of nitrogens with zero attached hydrogens (tertiary/aromatic N) is 1. The quantitative estimate of drug-likeness (QED) is 0.714. The zero-order chi connectivity index (χ0) is 16.0. The largest absolute Gasteiger partial charge is 0.490 e. The van der Waals surface area contributed by atoms with E-state index in [4.69, 9.17) is 4.74 Å². The van der Waals surface area contributed by atoms with E-state index in [0.29, 0.717) is 5.75 Å². The molecule has 1 aliphatic rings. The van der Waals surface area contributed by atoms with Gasteiger partial charge >= 0.3 is 6.18 Å². The first kappa shape index (κ1) is 17.1. The minimum atomic E-state index is -4.32. The Labute approximate surface area is 130 Å². The molecule has 2 nitrogen and oxygen atoms in total. The molecular weight excluding hydrogens is 291 g/mol. The number of likely N-dealkylation sites (tertiary alicyclic amines) is 1. The van der Waals surface area contributed by atoms with Crippen LogP contribution in [0, 0.1) is 6.92 Å². The van der Waals surface area contributed by atoms with Crippen LogP contribution in [-0.4, -0.2) is 30.6 Å². The predicted octanol–water partition coefficient (Wildman–Crippen LogP) is 4.55. The van der Waals surface area contributed by atoms with Gasteiger partial charge in [-0.05, 0) is 44.0 Å². The zero-order valence-corrected chi connectivity index (χ0v) is 12.7. The van der Waals surface area contributed by atoms with Crippen molar-refractivity contribution >= 4 is 0 Å². The second-order valence-corrected chi connectivity index (χ2v) is 5.75. The van der Waals surface area contributed by atoms with Gasteiger partial charge in [-0.2, -0.15) is 13.2 Å². The highest BCUT2D eigenvalue weighted by Crippen LogP contribution is 2.32. The molecule has 0 saturated carbocycles. The molecule has 1 aromatic rings. The smallest absolute Gasteiger partial charge is 0.416 e. The van der Waals surface area contributed by atoms with Gasteiger partial charge in [-0.1, -0.05) is 25.8 Å². The predicted molar refractivity (Wildman–Crippen MR) is 80.7 cm³/mol. The van der Waals surface area contributed by atoms with Gasteiger partial charge in [-0.3, -0.25) is 0 Å². The molecule has 1 radical (unpaired) electrons. The summed E-state index contributed by atoms with van der Waals surface area (Å²) in [7, 11) is 0. The van der Waals surface area contributed by atoms with Crippen molar-refractivity contribution in [3.63, 3.8) is 0 Å². The number of rotatable bonds is 6. The molecule has 0 aliphatic carbocycles. The van der Waals surface area contributed by atoms with Crippen LogP contribution in [0.2, 0.25) is 0 Å². The third kappa shape index (κ3) is 5.20. The standard InChI is InChI=1S/C17H23F3NO/c1-2-3-4-10-21-11-8-15(9-12-21)22-16-7-5-6-14(13-16)17(18,19)20/h5-7,13,15H,1-4,8-12H2. The molecule has 123 valence electrons. The lowest BCUT2D eigenvalue weighted by Gasteiger charge is -2.32. The van der Waals surface area contributed by atoms with Crippen molar-refractivity contribution in [2.45, 2.75) is 44.4 Å². The lowest BCUT2D eigenvalue weighted by molar-refractivity contribution is -0.137. The van der Waals surface area contributed by atoms with Gasteiger partial charge in [-0.25, -0.2) is 0 Å². The maximum Gasteiger partial charge on any atom is 0.416 e. The number of ether oxygens (including phenoxy) is 1. The molecule has 0 amide bonds. The second-order valence-electron chi connectivity index (χ2n) is 5.75. The fraction of sp³-hybridized carbons (Fsp3) is 0.588. The van der Waals surface area contributed by atoms with Gasteiger partial charge in [-0.15, -0.1) is 0 Å². The monoisotopic (exact) mass is 314 g/mol. The SMILES string of the molecule is [CH2]CCCCN1CCC(Oc2cccc(C(F)(F)F)c2)CC1. The minimum absolute atomic E-state index is 0.00701. The number of hydrogen-bond acceptors (Lipinski definition) is 2. The summed E-state index contributed by atoms with van der Waals surface area (Å²) < 4.78 is 43.8. The number of piperidine rings is 1. The van der Waals surface area contributed by atoms with Crippen LogP contribution < -0.4 is 4.74 Å². The summed E-state index contributed by atoms with van der Waals surface area (Å²) >= 11 is 0. The second kappa shape index (κ2) is 7.86. The van der Waals surface area contributed by atoms with Crippen molar-refractivity contribution in [1.29, 1.82) is 0 Å². The first-order valence-corrected chi connectivity index (χ1v) is 7.84. The highest BCUT2D eigenvalue weighted by Gasteiger charge is 2.31. The lowest BCUT2D eigenvalue weighted by Crippen LogP contribution is -2.38. The average molecular weight is 314 g/mol. The van der Waals surface area contributed by atoms with Gasteiger partial charge in [0.1, 0.15) is 11.9 Å². The molecule has 1 fully saturated rings. The Hall–Kier alpha value is -1.23. The summed E-state index contributed by atoms with van der Waals surface area (Å²) in [6.07, 6.45) is 0.670. The molecule has 1 saturated heterocycles. The number of unbranched alkanes of at least 4 members (excludes halogenated alkanes) is 2. The molecule has 0 bridgehead atoms. The fourth-order valence-corrected chi connectivity index (χ4v) is 2.70. The summed E-state index contributed by atoms with van der Waals surface area (Å²) in [5.41, 5.74) is -0.657. The fourth-order valence-electron chi connectivity index (χ4n) is 2.70. The molecule has 0 N–H and O–H groups in total. The van der Waals surface area contributed by atoms with Crippen LogP contribution in [0.3, 0.4) is 0 Å². The summed E-state index contributed by atoms with van der Waals surface area (Å²) in [4.78, 5) is 2.39. The van der Waals surface area contributed by atoms with E-state index in [0.717, 1.165) is 63.9 Å². The van der Waals surface area contributed by atoms with Gasteiger partial charge in [0.15, 0.2) is 0 Å². The van der Waals surface area contributed by atoms with Crippen LogP contribution in [0.25, 0.3) is 0 Å². The van der Waals surface area contributed by atoms with Gasteiger partial charge < -0.3 is 9.64 Å². The first-order valence-electron chi connectivity index (χ1n) is 7.84. The third-order valence-electron chi connectivity index (χ3n) is 3.97. The van der Waals surface area contributed by atoms with E-state index < -0.39 is 11.7 Å². The molecule has 2 rings (SSSR count). The lowest BCUT2D eigenvalue weighted by atomic mass is 10.1. The average Bonchev–Trinajstić information content (AvgIpc) is 2.49. The molecule has 0 aromatic heterocycles. The van der Waals surface area contributed by atoms with Crippen molar-refractivity contribution in [2.24, 2.45) is 0 Å². The molecule has 1 aromatic carbocycles. The highest BCUT2D eigenvalue weighted by molar-refractivity contribution is 5.30. The number of benzene rings is 1. The minimum Gasteiger partial charge on any atom is -0.490 e. The molecule has 0 spiro atoms. The summed E-state index contributed by atoms with van der Waals surface area (Å²) in [5.74, 6) is 0.310. The third-order valence-corrected chi connectivity index (χ3v) is 3.97. The molecule has 0 atom stereocenters. The normalized spacial score (nSPS) is 17.6. The van der Waals surface area contributed by atoms with Gasteiger partial charge in [0.05, 0.1) is 5.56 Å². The van der Waals surface area contributed by atoms with Crippen molar-refractivity contribution < 1.29 is 17.9 Å². The maximum absolute atomic E-state index is 12.7. The van der Waals surface area contributed by atoms with E-state index in [2.05, 4.69) is 11.8 Å². The number of halogens is 3. The van der Waals surface area contributed by atoms with E-state index in [1.165, 1.54) is 6.07 Å². The van der Waals surface area contributed by atoms with Gasteiger partial charge in [0.25, 0.3) is 0 Å². The summed E-state index contributed by atoms with van der Waals surface area (Å²) in [6, 6.07) is 5.14. The Morgan fingerprint density at radius 3 is 2.55 bits per heavy atom. The van der Waals surface area contributed by atoms with Crippen molar-refractivity contribution in [1.82, 2.24) is 4.90 Å². The van der Waals surface area contributed by atoms with Crippen LogP contribution >= 0.6 is 0 Å². The molecular formula is C17H23F3NO. The molecule has 1 aliphatic heterocycles. The molecule has 5 heteroatoms. The number of hydrogen-bond donors (Lipinski definition) is 0. The summed E-state index contributed by atoms with van der Waals surface area (Å²) in [5, 5.41) is 0. The highest BCUT2D eigenvalue weighted by atomic mass is 19.4. The van der Waals surface area contributed by atoms with Crippen LogP contribution in [-0.2, 0) is 6.18 Å². The van der Waals surface area contributed by atoms with Crippen molar-refractivity contribution in [3.8, 4) is 5.75 Å². The Bertz CT molecular complexity index is 453. The zero-order valence-electron chi connectivity index (χ0n) is 12.7. The Kier molecular flexibility index (Phi) is 6.12. The Balaban J connectivity index is 1.81. The van der Waals surface area contributed by atoms with E-state index in [1.807, 2.05) is 0 Å².